The Morgan fingerprint density at radius 1 is 1.44 bits per heavy atom. The van der Waals surface area contributed by atoms with E-state index in [0.29, 0.717) is 0 Å². The largest absolute Gasteiger partial charge is 0.497 e. The van der Waals surface area contributed by atoms with Gasteiger partial charge >= 0.3 is 0 Å². The van der Waals surface area contributed by atoms with E-state index in [2.05, 4.69) is 18.0 Å². The summed E-state index contributed by atoms with van der Waals surface area (Å²) in [6.07, 6.45) is 4.02. The number of methoxy groups -OCH3 is 1. The lowest BCUT2D eigenvalue weighted by Crippen LogP contribution is -2.36. The van der Waals surface area contributed by atoms with Gasteiger partial charge in [-0.3, -0.25) is 4.90 Å². The summed E-state index contributed by atoms with van der Waals surface area (Å²) in [7, 11) is 3.84. The fourth-order valence-corrected chi connectivity index (χ4v) is 2.07. The van der Waals surface area contributed by atoms with Crippen LogP contribution in [0.15, 0.2) is 18.2 Å². The molecule has 3 heteroatoms. The van der Waals surface area contributed by atoms with Gasteiger partial charge in [-0.05, 0) is 31.5 Å². The van der Waals surface area contributed by atoms with Crippen molar-refractivity contribution < 1.29 is 4.74 Å². The van der Waals surface area contributed by atoms with Crippen LogP contribution in [0.5, 0.6) is 5.75 Å². The molecular formula is C13H20N2O. The van der Waals surface area contributed by atoms with Gasteiger partial charge in [0.1, 0.15) is 5.75 Å². The monoisotopic (exact) mass is 220 g/mol. The molecule has 1 fully saturated rings. The summed E-state index contributed by atoms with van der Waals surface area (Å²) >= 11 is 0. The van der Waals surface area contributed by atoms with Gasteiger partial charge in [-0.1, -0.05) is 12.5 Å². The normalized spacial score (nSPS) is 16.2. The third-order valence-electron chi connectivity index (χ3n) is 3.47. The Balaban J connectivity index is 2.03. The van der Waals surface area contributed by atoms with Crippen molar-refractivity contribution in [2.24, 2.45) is 0 Å². The molecule has 0 radical (unpaired) electrons. The molecule has 3 nitrogen and oxygen atoms in total. The van der Waals surface area contributed by atoms with Crippen molar-refractivity contribution >= 4 is 5.69 Å². The molecular weight excluding hydrogens is 200 g/mol. The molecule has 0 spiro atoms. The number of anilines is 1. The number of hydrogen-bond acceptors (Lipinski definition) is 3. The average molecular weight is 220 g/mol. The molecule has 0 heterocycles. The fourth-order valence-electron chi connectivity index (χ4n) is 2.07. The van der Waals surface area contributed by atoms with Gasteiger partial charge in [0.25, 0.3) is 0 Å². The Morgan fingerprint density at radius 3 is 2.69 bits per heavy atom. The first kappa shape index (κ1) is 11.3. The lowest BCUT2D eigenvalue weighted by Gasteiger charge is -2.35. The third kappa shape index (κ3) is 2.30. The van der Waals surface area contributed by atoms with Crippen molar-refractivity contribution in [3.05, 3.63) is 23.8 Å². The quantitative estimate of drug-likeness (QED) is 0.791. The Labute approximate surface area is 97.2 Å². The van der Waals surface area contributed by atoms with Crippen LogP contribution >= 0.6 is 0 Å². The molecule has 0 unspecified atom stereocenters. The zero-order valence-corrected chi connectivity index (χ0v) is 10.1. The van der Waals surface area contributed by atoms with Gasteiger partial charge in [-0.15, -0.1) is 0 Å². The molecule has 0 aromatic heterocycles. The lowest BCUT2D eigenvalue weighted by atomic mass is 9.91. The van der Waals surface area contributed by atoms with Gasteiger partial charge in [0.05, 0.1) is 7.11 Å². The fraction of sp³-hybridized carbons (Fsp3) is 0.538. The van der Waals surface area contributed by atoms with Gasteiger partial charge in [0.15, 0.2) is 0 Å². The molecule has 2 N–H and O–H groups in total. The van der Waals surface area contributed by atoms with Crippen molar-refractivity contribution in [2.45, 2.75) is 31.8 Å². The van der Waals surface area contributed by atoms with E-state index >= 15 is 0 Å². The maximum absolute atomic E-state index is 6.00. The maximum Gasteiger partial charge on any atom is 0.120 e. The molecule has 16 heavy (non-hydrogen) atoms. The Morgan fingerprint density at radius 2 is 2.19 bits per heavy atom. The number of nitrogens with two attached hydrogens (primary N) is 1. The molecule has 1 saturated carbocycles. The number of nitrogen functional groups attached to an aromatic ring is 1. The average Bonchev–Trinajstić information content (AvgIpc) is 2.18. The minimum absolute atomic E-state index is 0.751. The predicted molar refractivity (Wildman–Crippen MR) is 66.5 cm³/mol. The summed E-state index contributed by atoms with van der Waals surface area (Å²) in [5.41, 5.74) is 8.01. The standard InChI is InChI=1S/C13H20N2O/c1-15(11-4-3-5-11)9-10-6-7-12(16-2)8-13(10)14/h6-8,11H,3-5,9,14H2,1-2H3. The highest BCUT2D eigenvalue weighted by molar-refractivity contribution is 5.51. The van der Waals surface area contributed by atoms with Gasteiger partial charge in [0, 0.05) is 24.3 Å². The Hall–Kier alpha value is -1.22. The van der Waals surface area contributed by atoms with E-state index in [0.717, 1.165) is 24.0 Å². The van der Waals surface area contributed by atoms with E-state index in [1.807, 2.05) is 12.1 Å². The molecule has 0 bridgehead atoms. The van der Waals surface area contributed by atoms with Crippen LogP contribution in [0.2, 0.25) is 0 Å². The third-order valence-corrected chi connectivity index (χ3v) is 3.47. The van der Waals surface area contributed by atoms with Crippen molar-refractivity contribution in [2.75, 3.05) is 19.9 Å². The molecule has 0 aliphatic heterocycles. The first-order valence-corrected chi connectivity index (χ1v) is 5.83. The number of benzene rings is 1. The molecule has 2 rings (SSSR count). The van der Waals surface area contributed by atoms with Gasteiger partial charge in [0.2, 0.25) is 0 Å². The zero-order valence-electron chi connectivity index (χ0n) is 10.1. The van der Waals surface area contributed by atoms with Crippen LogP contribution in [0.1, 0.15) is 24.8 Å². The highest BCUT2D eigenvalue weighted by atomic mass is 16.5. The van der Waals surface area contributed by atoms with Crippen LogP contribution in [-0.2, 0) is 6.54 Å². The van der Waals surface area contributed by atoms with Crippen LogP contribution in [0.3, 0.4) is 0 Å². The van der Waals surface area contributed by atoms with Crippen LogP contribution in [0, 0.1) is 0 Å². The van der Waals surface area contributed by atoms with Crippen LogP contribution in [-0.4, -0.2) is 25.1 Å². The highest BCUT2D eigenvalue weighted by Crippen LogP contribution is 2.27. The smallest absolute Gasteiger partial charge is 0.120 e. The minimum Gasteiger partial charge on any atom is -0.497 e. The summed E-state index contributed by atoms with van der Waals surface area (Å²) in [5, 5.41) is 0. The second kappa shape index (κ2) is 4.74. The first-order chi connectivity index (χ1) is 7.70. The first-order valence-electron chi connectivity index (χ1n) is 5.83. The molecule has 0 amide bonds. The van der Waals surface area contributed by atoms with Crippen LogP contribution < -0.4 is 10.5 Å². The van der Waals surface area contributed by atoms with Crippen LogP contribution in [0.25, 0.3) is 0 Å². The number of nitrogens with zero attached hydrogens (tertiary/aromatic N) is 1. The molecule has 1 aromatic carbocycles. The second-order valence-corrected chi connectivity index (χ2v) is 4.56. The zero-order chi connectivity index (χ0) is 11.5. The number of ether oxygens (including phenoxy) is 1. The number of rotatable bonds is 4. The molecule has 88 valence electrons. The Kier molecular flexibility index (Phi) is 3.34. The van der Waals surface area contributed by atoms with Gasteiger partial charge in [-0.2, -0.15) is 0 Å². The molecule has 0 atom stereocenters. The number of hydrogen-bond donors (Lipinski definition) is 1. The van der Waals surface area contributed by atoms with Crippen molar-refractivity contribution in [3.8, 4) is 5.75 Å². The van der Waals surface area contributed by atoms with E-state index in [1.165, 1.54) is 24.8 Å². The van der Waals surface area contributed by atoms with E-state index in [4.69, 9.17) is 10.5 Å². The SMILES string of the molecule is COc1ccc(CN(C)C2CCC2)c(N)c1. The van der Waals surface area contributed by atoms with E-state index < -0.39 is 0 Å². The molecule has 1 aliphatic rings. The summed E-state index contributed by atoms with van der Waals surface area (Å²) in [6, 6.07) is 6.68. The lowest BCUT2D eigenvalue weighted by molar-refractivity contribution is 0.153. The summed E-state index contributed by atoms with van der Waals surface area (Å²) in [6.45, 7) is 0.931. The topological polar surface area (TPSA) is 38.5 Å². The van der Waals surface area contributed by atoms with E-state index in [-0.39, 0.29) is 0 Å². The maximum atomic E-state index is 6.00. The molecule has 1 aromatic rings. The van der Waals surface area contributed by atoms with Crippen LogP contribution in [0.4, 0.5) is 5.69 Å². The minimum atomic E-state index is 0.751. The van der Waals surface area contributed by atoms with Gasteiger partial charge < -0.3 is 10.5 Å². The van der Waals surface area contributed by atoms with E-state index in [9.17, 15) is 0 Å². The predicted octanol–water partition coefficient (Wildman–Crippen LogP) is 2.26. The van der Waals surface area contributed by atoms with Crippen molar-refractivity contribution in [3.63, 3.8) is 0 Å². The highest BCUT2D eigenvalue weighted by Gasteiger charge is 2.22. The van der Waals surface area contributed by atoms with Crippen molar-refractivity contribution in [1.29, 1.82) is 0 Å². The summed E-state index contributed by atoms with van der Waals surface area (Å²) in [4.78, 5) is 2.39. The summed E-state index contributed by atoms with van der Waals surface area (Å²) < 4.78 is 5.14. The van der Waals surface area contributed by atoms with Crippen molar-refractivity contribution in [1.82, 2.24) is 4.90 Å². The Bertz CT molecular complexity index is 361. The summed E-state index contributed by atoms with van der Waals surface area (Å²) in [5.74, 6) is 0.826. The van der Waals surface area contributed by atoms with E-state index in [1.54, 1.807) is 7.11 Å². The molecule has 1 aliphatic carbocycles. The van der Waals surface area contributed by atoms with Gasteiger partial charge in [-0.25, -0.2) is 0 Å². The molecule has 0 saturated heterocycles. The second-order valence-electron chi connectivity index (χ2n) is 4.56.